The van der Waals surface area contributed by atoms with Gasteiger partial charge in [0.25, 0.3) is 5.91 Å². The van der Waals surface area contributed by atoms with Crippen molar-refractivity contribution in [3.05, 3.63) is 29.6 Å². The molecule has 0 radical (unpaired) electrons. The van der Waals surface area contributed by atoms with E-state index in [1.165, 1.54) is 17.0 Å². The molecule has 0 saturated heterocycles. The van der Waals surface area contributed by atoms with E-state index in [1.54, 1.807) is 0 Å². The Balaban J connectivity index is 3.00. The van der Waals surface area contributed by atoms with Gasteiger partial charge in [0.1, 0.15) is 5.82 Å². The lowest BCUT2D eigenvalue weighted by Crippen LogP contribution is -2.32. The molecule has 0 saturated carbocycles. The second-order valence-corrected chi connectivity index (χ2v) is 3.66. The highest BCUT2D eigenvalue weighted by Gasteiger charge is 2.17. The fourth-order valence-electron chi connectivity index (χ4n) is 1.52. The number of rotatable bonds is 4. The van der Waals surface area contributed by atoms with Gasteiger partial charge in [-0.05, 0) is 24.6 Å². The molecule has 0 aliphatic heterocycles. The van der Waals surface area contributed by atoms with Crippen LogP contribution in [-0.4, -0.2) is 23.9 Å². The number of nitrogens with two attached hydrogens (primary N) is 1. The van der Waals surface area contributed by atoms with E-state index in [4.69, 9.17) is 12.2 Å². The van der Waals surface area contributed by atoms with Crippen LogP contribution in [0.2, 0.25) is 0 Å². The Hall–Kier alpha value is -2.02. The molecule has 0 aliphatic carbocycles. The average molecular weight is 234 g/mol. The minimum absolute atomic E-state index is 0.161. The van der Waals surface area contributed by atoms with Crippen LogP contribution >= 0.6 is 0 Å². The third-order valence-corrected chi connectivity index (χ3v) is 2.31. The number of amides is 1. The van der Waals surface area contributed by atoms with E-state index in [1.807, 2.05) is 6.92 Å². The zero-order chi connectivity index (χ0) is 12.8. The number of carbonyl (C=O) groups excluding carboxylic acids is 1. The third-order valence-electron chi connectivity index (χ3n) is 2.31. The number of halogens is 1. The number of hydrogen-bond donors (Lipinski definition) is 1. The third kappa shape index (κ3) is 3.22. The van der Waals surface area contributed by atoms with Crippen LogP contribution in [0.5, 0.6) is 0 Å². The molecule has 0 heterocycles. The van der Waals surface area contributed by atoms with Gasteiger partial charge in [-0.15, -0.1) is 6.42 Å². The fraction of sp³-hybridized carbons (Fsp3) is 0.308. The largest absolute Gasteiger partial charge is 0.398 e. The minimum Gasteiger partial charge on any atom is -0.398 e. The number of anilines is 1. The molecule has 1 aromatic carbocycles. The first-order valence-electron chi connectivity index (χ1n) is 5.38. The van der Waals surface area contributed by atoms with Crippen LogP contribution in [-0.2, 0) is 0 Å². The number of benzene rings is 1. The molecule has 1 amide bonds. The molecule has 2 N–H and O–H groups in total. The van der Waals surface area contributed by atoms with Crippen molar-refractivity contribution in [1.29, 1.82) is 0 Å². The molecule has 90 valence electrons. The van der Waals surface area contributed by atoms with Crippen LogP contribution in [0.1, 0.15) is 23.7 Å². The molecule has 0 fully saturated rings. The van der Waals surface area contributed by atoms with E-state index in [9.17, 15) is 9.18 Å². The molecule has 0 spiro atoms. The molecule has 0 aromatic heterocycles. The highest BCUT2D eigenvalue weighted by atomic mass is 19.1. The standard InChI is InChI=1S/C13H15FN2O/c1-3-7-16(8-4-2)13(17)11-9-10(14)5-6-12(11)15/h1,5-6,9H,4,7-8,15H2,2H3. The monoisotopic (exact) mass is 234 g/mol. The highest BCUT2D eigenvalue weighted by Crippen LogP contribution is 2.16. The van der Waals surface area contributed by atoms with Crippen molar-refractivity contribution in [3.63, 3.8) is 0 Å². The number of nitrogen functional groups attached to an aromatic ring is 1. The summed E-state index contributed by atoms with van der Waals surface area (Å²) in [5.74, 6) is 1.59. The summed E-state index contributed by atoms with van der Waals surface area (Å²) < 4.78 is 13.1. The Kier molecular flexibility index (Phi) is 4.53. The van der Waals surface area contributed by atoms with Crippen LogP contribution in [0.25, 0.3) is 0 Å². The summed E-state index contributed by atoms with van der Waals surface area (Å²) in [7, 11) is 0. The van der Waals surface area contributed by atoms with Gasteiger partial charge in [-0.1, -0.05) is 12.8 Å². The lowest BCUT2D eigenvalue weighted by atomic mass is 10.1. The first-order valence-corrected chi connectivity index (χ1v) is 5.38. The van der Waals surface area contributed by atoms with Gasteiger partial charge < -0.3 is 10.6 Å². The van der Waals surface area contributed by atoms with Gasteiger partial charge >= 0.3 is 0 Å². The second kappa shape index (κ2) is 5.90. The molecule has 1 aromatic rings. The highest BCUT2D eigenvalue weighted by molar-refractivity contribution is 5.99. The molecule has 0 atom stereocenters. The molecule has 1 rings (SSSR count). The normalized spacial score (nSPS) is 9.71. The Morgan fingerprint density at radius 1 is 1.59 bits per heavy atom. The molecular formula is C13H15FN2O. The number of carbonyl (C=O) groups is 1. The first-order chi connectivity index (χ1) is 8.10. The van der Waals surface area contributed by atoms with E-state index < -0.39 is 5.82 Å². The van der Waals surface area contributed by atoms with Gasteiger partial charge in [-0.2, -0.15) is 0 Å². The Labute approximate surface area is 100 Å². The maximum atomic E-state index is 13.1. The maximum Gasteiger partial charge on any atom is 0.256 e. The summed E-state index contributed by atoms with van der Waals surface area (Å²) >= 11 is 0. The predicted octanol–water partition coefficient (Wildman–Crippen LogP) is 1.89. The van der Waals surface area contributed by atoms with E-state index in [0.29, 0.717) is 6.54 Å². The summed E-state index contributed by atoms with van der Waals surface area (Å²) in [6, 6.07) is 3.73. The maximum absolute atomic E-state index is 13.1. The van der Waals surface area contributed by atoms with Crippen LogP contribution in [0.15, 0.2) is 18.2 Å². The summed E-state index contributed by atoms with van der Waals surface area (Å²) in [5, 5.41) is 0. The van der Waals surface area contributed by atoms with E-state index in [0.717, 1.165) is 12.5 Å². The topological polar surface area (TPSA) is 46.3 Å². The summed E-state index contributed by atoms with van der Waals surface area (Å²) in [6.07, 6.45) is 5.97. The van der Waals surface area contributed by atoms with Gasteiger partial charge in [0.05, 0.1) is 12.1 Å². The quantitative estimate of drug-likeness (QED) is 0.638. The second-order valence-electron chi connectivity index (χ2n) is 3.66. The zero-order valence-corrected chi connectivity index (χ0v) is 9.74. The van der Waals surface area contributed by atoms with Crippen molar-refractivity contribution in [1.82, 2.24) is 4.90 Å². The molecule has 17 heavy (non-hydrogen) atoms. The number of terminal acetylenes is 1. The van der Waals surface area contributed by atoms with E-state index in [2.05, 4.69) is 5.92 Å². The number of nitrogens with zero attached hydrogens (tertiary/aromatic N) is 1. The summed E-state index contributed by atoms with van der Waals surface area (Å²) in [4.78, 5) is 13.6. The average Bonchev–Trinajstić information content (AvgIpc) is 2.31. The van der Waals surface area contributed by atoms with Gasteiger partial charge in [0.15, 0.2) is 0 Å². The van der Waals surface area contributed by atoms with Crippen molar-refractivity contribution in [3.8, 4) is 12.3 Å². The van der Waals surface area contributed by atoms with Crippen LogP contribution in [0.4, 0.5) is 10.1 Å². The van der Waals surface area contributed by atoms with Crippen molar-refractivity contribution in [2.45, 2.75) is 13.3 Å². The molecule has 0 bridgehead atoms. The lowest BCUT2D eigenvalue weighted by Gasteiger charge is -2.20. The van der Waals surface area contributed by atoms with Crippen molar-refractivity contribution in [2.24, 2.45) is 0 Å². The molecule has 0 unspecified atom stereocenters. The van der Waals surface area contributed by atoms with Gasteiger partial charge in [-0.3, -0.25) is 4.79 Å². The Bertz CT molecular complexity index is 451. The Morgan fingerprint density at radius 3 is 2.88 bits per heavy atom. The van der Waals surface area contributed by atoms with Crippen molar-refractivity contribution < 1.29 is 9.18 Å². The lowest BCUT2D eigenvalue weighted by molar-refractivity contribution is 0.0777. The predicted molar refractivity (Wildman–Crippen MR) is 65.8 cm³/mol. The van der Waals surface area contributed by atoms with E-state index in [-0.39, 0.29) is 23.7 Å². The Morgan fingerprint density at radius 2 is 2.29 bits per heavy atom. The van der Waals surface area contributed by atoms with Crippen molar-refractivity contribution in [2.75, 3.05) is 18.8 Å². The van der Waals surface area contributed by atoms with Gasteiger partial charge in [0, 0.05) is 12.2 Å². The molecular weight excluding hydrogens is 219 g/mol. The smallest absolute Gasteiger partial charge is 0.256 e. The van der Waals surface area contributed by atoms with Crippen molar-refractivity contribution >= 4 is 11.6 Å². The summed E-state index contributed by atoms with van der Waals surface area (Å²) in [5.41, 5.74) is 6.07. The zero-order valence-electron chi connectivity index (χ0n) is 9.74. The number of hydrogen-bond acceptors (Lipinski definition) is 2. The van der Waals surface area contributed by atoms with Crippen LogP contribution in [0.3, 0.4) is 0 Å². The summed E-state index contributed by atoms with van der Waals surface area (Å²) in [6.45, 7) is 2.66. The van der Waals surface area contributed by atoms with Crippen LogP contribution in [0, 0.1) is 18.2 Å². The van der Waals surface area contributed by atoms with Crippen LogP contribution < -0.4 is 5.73 Å². The van der Waals surface area contributed by atoms with Gasteiger partial charge in [0.2, 0.25) is 0 Å². The molecule has 4 heteroatoms. The van der Waals surface area contributed by atoms with E-state index >= 15 is 0 Å². The minimum atomic E-state index is -0.486. The van der Waals surface area contributed by atoms with Gasteiger partial charge in [-0.25, -0.2) is 4.39 Å². The SMILES string of the molecule is C#CCN(CCC)C(=O)c1cc(F)ccc1N. The fourth-order valence-corrected chi connectivity index (χ4v) is 1.52. The molecule has 3 nitrogen and oxygen atoms in total. The first kappa shape index (κ1) is 13.0. The molecule has 0 aliphatic rings.